The van der Waals surface area contributed by atoms with E-state index in [1.165, 1.54) is 12.2 Å². The summed E-state index contributed by atoms with van der Waals surface area (Å²) in [6.07, 6.45) is 6.55. The molecule has 0 aromatic heterocycles. The third kappa shape index (κ3) is 5.14. The van der Waals surface area contributed by atoms with Gasteiger partial charge in [-0.2, -0.15) is 0 Å². The van der Waals surface area contributed by atoms with Gasteiger partial charge < -0.3 is 20.5 Å². The molecule has 0 unspecified atom stereocenters. The molecule has 0 aliphatic heterocycles. The monoisotopic (exact) mass is 462 g/mol. The highest BCUT2D eigenvalue weighted by atomic mass is 16.5. The lowest BCUT2D eigenvalue weighted by atomic mass is 9.90. The second kappa shape index (κ2) is 10.5. The molecule has 178 valence electrons. The summed E-state index contributed by atoms with van der Waals surface area (Å²) in [4.78, 5) is 36.3. The standard InChI is InChI=1S/C27H30N2O5/c30-24(29-27(25(31)32)15-7-1-2-8-16-27)14-9-17-28-26(33)34-18-23-21-12-5-3-10-19(21)20-11-4-6-13-22(20)23/h3-6,9-14,23H,1-2,7-8,15-18H2,(H,28,33)(H,29,30)(H,31,32)/b14-9+. The molecule has 0 saturated heterocycles. The molecule has 2 amide bonds. The van der Waals surface area contributed by atoms with E-state index in [1.54, 1.807) is 0 Å². The zero-order chi connectivity index (χ0) is 24.0. The summed E-state index contributed by atoms with van der Waals surface area (Å²) in [5, 5.41) is 14.9. The Bertz CT molecular complexity index is 1040. The molecule has 2 aromatic carbocycles. The minimum absolute atomic E-state index is 0.0220. The molecule has 0 radical (unpaired) electrons. The number of alkyl carbamates (subject to hydrolysis) is 1. The predicted octanol–water partition coefficient (Wildman–Crippen LogP) is 4.38. The number of fused-ring (bicyclic) bond motifs is 3. The van der Waals surface area contributed by atoms with E-state index in [2.05, 4.69) is 34.9 Å². The molecule has 0 atom stereocenters. The number of hydrogen-bond acceptors (Lipinski definition) is 4. The van der Waals surface area contributed by atoms with Gasteiger partial charge in [-0.3, -0.25) is 4.79 Å². The first-order valence-electron chi connectivity index (χ1n) is 11.8. The van der Waals surface area contributed by atoms with Gasteiger partial charge in [0.25, 0.3) is 0 Å². The highest BCUT2D eigenvalue weighted by Gasteiger charge is 2.39. The van der Waals surface area contributed by atoms with Gasteiger partial charge in [0.05, 0.1) is 0 Å². The Balaban J connectivity index is 1.26. The number of carboxylic acid groups (broad SMARTS) is 1. The van der Waals surface area contributed by atoms with Crippen LogP contribution in [0.2, 0.25) is 0 Å². The third-order valence-electron chi connectivity index (χ3n) is 6.71. The lowest BCUT2D eigenvalue weighted by Crippen LogP contribution is -2.53. The SMILES string of the molecule is O=C(/C=C/CNC(=O)OCC1c2ccccc2-c2ccccc21)NC1(C(=O)O)CCCCCC1. The summed E-state index contributed by atoms with van der Waals surface area (Å²) >= 11 is 0. The second-order valence-electron chi connectivity index (χ2n) is 8.90. The van der Waals surface area contributed by atoms with Crippen LogP contribution in [0.5, 0.6) is 0 Å². The molecular weight excluding hydrogens is 432 g/mol. The van der Waals surface area contributed by atoms with E-state index in [4.69, 9.17) is 4.74 Å². The van der Waals surface area contributed by atoms with Crippen LogP contribution in [0.15, 0.2) is 60.7 Å². The van der Waals surface area contributed by atoms with Crippen molar-refractivity contribution in [2.75, 3.05) is 13.2 Å². The molecule has 0 heterocycles. The number of ether oxygens (including phenoxy) is 1. The Morgan fingerprint density at radius 3 is 2.12 bits per heavy atom. The summed E-state index contributed by atoms with van der Waals surface area (Å²) in [7, 11) is 0. The van der Waals surface area contributed by atoms with Gasteiger partial charge in [0, 0.05) is 18.5 Å². The summed E-state index contributed by atoms with van der Waals surface area (Å²) in [5.74, 6) is -1.49. The fourth-order valence-corrected chi connectivity index (χ4v) is 4.96. The fraction of sp³-hybridized carbons (Fsp3) is 0.370. The van der Waals surface area contributed by atoms with E-state index < -0.39 is 23.5 Å². The molecule has 7 heteroatoms. The van der Waals surface area contributed by atoms with Crippen molar-refractivity contribution in [3.63, 3.8) is 0 Å². The van der Waals surface area contributed by atoms with E-state index in [0.29, 0.717) is 12.8 Å². The zero-order valence-electron chi connectivity index (χ0n) is 19.1. The second-order valence-corrected chi connectivity index (χ2v) is 8.90. The molecule has 1 fully saturated rings. The molecule has 4 rings (SSSR count). The summed E-state index contributed by atoms with van der Waals surface area (Å²) in [6.45, 7) is 0.315. The molecule has 0 bridgehead atoms. The fourth-order valence-electron chi connectivity index (χ4n) is 4.96. The largest absolute Gasteiger partial charge is 0.480 e. The molecule has 1 saturated carbocycles. The normalized spacial score (nSPS) is 16.8. The van der Waals surface area contributed by atoms with Crippen LogP contribution in [0.3, 0.4) is 0 Å². The first-order valence-corrected chi connectivity index (χ1v) is 11.8. The van der Waals surface area contributed by atoms with Gasteiger partial charge in [0.2, 0.25) is 5.91 Å². The molecule has 0 spiro atoms. The Morgan fingerprint density at radius 2 is 1.53 bits per heavy atom. The maximum Gasteiger partial charge on any atom is 0.407 e. The summed E-state index contributed by atoms with van der Waals surface area (Å²) < 4.78 is 5.47. The summed E-state index contributed by atoms with van der Waals surface area (Å²) in [5.41, 5.74) is 3.39. The van der Waals surface area contributed by atoms with Crippen LogP contribution in [0.1, 0.15) is 55.6 Å². The van der Waals surface area contributed by atoms with Crippen molar-refractivity contribution in [1.82, 2.24) is 10.6 Å². The lowest BCUT2D eigenvalue weighted by molar-refractivity contribution is -0.147. The van der Waals surface area contributed by atoms with Gasteiger partial charge in [0.1, 0.15) is 12.1 Å². The van der Waals surface area contributed by atoms with Crippen molar-refractivity contribution in [2.24, 2.45) is 0 Å². The molecule has 7 nitrogen and oxygen atoms in total. The maximum atomic E-state index is 12.3. The average molecular weight is 463 g/mol. The van der Waals surface area contributed by atoms with E-state index in [0.717, 1.165) is 47.9 Å². The van der Waals surface area contributed by atoms with Crippen LogP contribution in [-0.2, 0) is 14.3 Å². The van der Waals surface area contributed by atoms with Crippen molar-refractivity contribution >= 4 is 18.0 Å². The summed E-state index contributed by atoms with van der Waals surface area (Å²) in [6, 6.07) is 16.2. The Labute approximate surface area is 199 Å². The van der Waals surface area contributed by atoms with Crippen molar-refractivity contribution < 1.29 is 24.2 Å². The first kappa shape index (κ1) is 23.5. The molecule has 34 heavy (non-hydrogen) atoms. The van der Waals surface area contributed by atoms with Crippen LogP contribution in [0, 0.1) is 0 Å². The lowest BCUT2D eigenvalue weighted by Gasteiger charge is -2.28. The van der Waals surface area contributed by atoms with E-state index >= 15 is 0 Å². The van der Waals surface area contributed by atoms with Gasteiger partial charge in [-0.15, -0.1) is 0 Å². The number of nitrogens with one attached hydrogen (secondary N) is 2. The van der Waals surface area contributed by atoms with Gasteiger partial charge in [-0.1, -0.05) is 80.3 Å². The third-order valence-corrected chi connectivity index (χ3v) is 6.71. The van der Waals surface area contributed by atoms with Crippen molar-refractivity contribution in [2.45, 2.75) is 50.0 Å². The van der Waals surface area contributed by atoms with Gasteiger partial charge >= 0.3 is 12.1 Å². The van der Waals surface area contributed by atoms with Crippen molar-refractivity contribution in [1.29, 1.82) is 0 Å². The number of aliphatic carboxylic acids is 1. The molecular formula is C27H30N2O5. The number of carbonyl (C=O) groups excluding carboxylic acids is 2. The molecule has 3 N–H and O–H groups in total. The number of amides is 2. The number of carboxylic acids is 1. The molecule has 2 aliphatic rings. The number of carbonyl (C=O) groups is 3. The van der Waals surface area contributed by atoms with E-state index in [1.807, 2.05) is 24.3 Å². The molecule has 2 aliphatic carbocycles. The topological polar surface area (TPSA) is 105 Å². The number of hydrogen-bond donors (Lipinski definition) is 3. The van der Waals surface area contributed by atoms with E-state index in [-0.39, 0.29) is 19.1 Å². The average Bonchev–Trinajstić information content (AvgIpc) is 2.96. The van der Waals surface area contributed by atoms with Gasteiger partial charge in [0.15, 0.2) is 0 Å². The van der Waals surface area contributed by atoms with Crippen LogP contribution < -0.4 is 10.6 Å². The quantitative estimate of drug-likeness (QED) is 0.419. The van der Waals surface area contributed by atoms with Crippen LogP contribution in [-0.4, -0.2) is 41.8 Å². The van der Waals surface area contributed by atoms with Crippen LogP contribution >= 0.6 is 0 Å². The smallest absolute Gasteiger partial charge is 0.407 e. The van der Waals surface area contributed by atoms with Crippen LogP contribution in [0.25, 0.3) is 11.1 Å². The minimum Gasteiger partial charge on any atom is -0.480 e. The number of rotatable bonds is 7. The van der Waals surface area contributed by atoms with Gasteiger partial charge in [-0.25, -0.2) is 9.59 Å². The first-order chi connectivity index (χ1) is 16.5. The van der Waals surface area contributed by atoms with E-state index in [9.17, 15) is 19.5 Å². The maximum absolute atomic E-state index is 12.3. The zero-order valence-corrected chi connectivity index (χ0v) is 19.1. The van der Waals surface area contributed by atoms with Crippen molar-refractivity contribution in [3.05, 3.63) is 71.8 Å². The van der Waals surface area contributed by atoms with Gasteiger partial charge in [-0.05, 0) is 35.1 Å². The van der Waals surface area contributed by atoms with Crippen molar-refractivity contribution in [3.8, 4) is 11.1 Å². The highest BCUT2D eigenvalue weighted by Crippen LogP contribution is 2.44. The minimum atomic E-state index is -1.21. The Hall–Kier alpha value is -3.61. The van der Waals surface area contributed by atoms with Crippen LogP contribution in [0.4, 0.5) is 4.79 Å². The molecule has 2 aromatic rings. The highest BCUT2D eigenvalue weighted by molar-refractivity contribution is 5.93. The Morgan fingerprint density at radius 1 is 0.941 bits per heavy atom. The predicted molar refractivity (Wildman–Crippen MR) is 128 cm³/mol. The Kier molecular flexibility index (Phi) is 7.30. The number of benzene rings is 2.